The smallest absolute Gasteiger partial charge is 0.257 e. The Morgan fingerprint density at radius 3 is 2.67 bits per heavy atom. The van der Waals surface area contributed by atoms with Crippen LogP contribution in [-0.2, 0) is 6.42 Å². The summed E-state index contributed by atoms with van der Waals surface area (Å²) in [6.07, 6.45) is 5.01. The highest BCUT2D eigenvalue weighted by atomic mass is 16.3. The zero-order valence-corrected chi connectivity index (χ0v) is 13.9. The van der Waals surface area contributed by atoms with Crippen molar-refractivity contribution < 1.29 is 9.90 Å². The van der Waals surface area contributed by atoms with Gasteiger partial charge in [-0.25, -0.2) is 9.97 Å². The summed E-state index contributed by atoms with van der Waals surface area (Å²) in [5, 5.41) is 10.5. The first-order chi connectivity index (χ1) is 11.6. The number of aromatic nitrogens is 2. The Morgan fingerprint density at radius 2 is 2.00 bits per heavy atom. The first-order valence-corrected chi connectivity index (χ1v) is 8.43. The third-order valence-corrected chi connectivity index (χ3v) is 4.80. The van der Waals surface area contributed by atoms with Crippen LogP contribution in [0.2, 0.25) is 0 Å². The molecule has 1 aliphatic heterocycles. The van der Waals surface area contributed by atoms with E-state index in [1.807, 2.05) is 42.2 Å². The van der Waals surface area contributed by atoms with Crippen molar-refractivity contribution >= 4 is 5.91 Å². The van der Waals surface area contributed by atoms with Gasteiger partial charge >= 0.3 is 0 Å². The minimum Gasteiger partial charge on any atom is -0.392 e. The largest absolute Gasteiger partial charge is 0.392 e. The van der Waals surface area contributed by atoms with E-state index in [0.717, 1.165) is 18.4 Å². The van der Waals surface area contributed by atoms with Gasteiger partial charge in [-0.2, -0.15) is 0 Å². The third kappa shape index (κ3) is 3.79. The lowest BCUT2D eigenvalue weighted by molar-refractivity contribution is 0.0466. The maximum Gasteiger partial charge on any atom is 0.257 e. The predicted molar refractivity (Wildman–Crippen MR) is 91.5 cm³/mol. The number of carbonyl (C=O) groups excluding carboxylic acids is 1. The van der Waals surface area contributed by atoms with E-state index >= 15 is 0 Å². The molecule has 2 aromatic rings. The zero-order chi connectivity index (χ0) is 16.9. The molecule has 1 aliphatic rings. The number of piperidine rings is 1. The molecule has 1 N–H and O–H groups in total. The molecular weight excluding hydrogens is 302 g/mol. The zero-order valence-electron chi connectivity index (χ0n) is 13.9. The van der Waals surface area contributed by atoms with Crippen molar-refractivity contribution in [1.82, 2.24) is 14.9 Å². The Balaban J connectivity index is 1.56. The molecule has 0 saturated carbocycles. The molecule has 126 valence electrons. The van der Waals surface area contributed by atoms with Gasteiger partial charge in [-0.3, -0.25) is 4.79 Å². The number of aliphatic hydroxyl groups excluding tert-OH is 1. The molecule has 0 aliphatic carbocycles. The molecule has 1 fully saturated rings. The van der Waals surface area contributed by atoms with Gasteiger partial charge in [-0.05, 0) is 37.7 Å². The van der Waals surface area contributed by atoms with Crippen LogP contribution in [0.4, 0.5) is 0 Å². The Labute approximate surface area is 142 Å². The van der Waals surface area contributed by atoms with Crippen LogP contribution >= 0.6 is 0 Å². The summed E-state index contributed by atoms with van der Waals surface area (Å²) in [6, 6.07) is 10.1. The van der Waals surface area contributed by atoms with Crippen LogP contribution in [0, 0.1) is 12.8 Å². The summed E-state index contributed by atoms with van der Waals surface area (Å²) in [4.78, 5) is 22.5. The molecule has 24 heavy (non-hydrogen) atoms. The van der Waals surface area contributed by atoms with E-state index in [2.05, 4.69) is 9.97 Å². The average Bonchev–Trinajstić information content (AvgIpc) is 2.62. The maximum atomic E-state index is 12.6. The fourth-order valence-electron chi connectivity index (χ4n) is 3.28. The lowest BCUT2D eigenvalue weighted by atomic mass is 9.87. The van der Waals surface area contributed by atoms with E-state index in [9.17, 15) is 9.90 Å². The molecule has 1 aromatic heterocycles. The van der Waals surface area contributed by atoms with E-state index < -0.39 is 0 Å². The van der Waals surface area contributed by atoms with Crippen LogP contribution in [0.1, 0.15) is 34.5 Å². The molecule has 0 bridgehead atoms. The van der Waals surface area contributed by atoms with E-state index in [1.54, 1.807) is 6.20 Å². The first-order valence-electron chi connectivity index (χ1n) is 8.43. The minimum absolute atomic E-state index is 0.0101. The Morgan fingerprint density at radius 1 is 1.29 bits per heavy atom. The van der Waals surface area contributed by atoms with Crippen LogP contribution < -0.4 is 0 Å². The van der Waals surface area contributed by atoms with Gasteiger partial charge in [0.1, 0.15) is 6.33 Å². The van der Waals surface area contributed by atoms with Crippen molar-refractivity contribution in [3.8, 4) is 0 Å². The molecule has 0 spiro atoms. The number of amides is 1. The summed E-state index contributed by atoms with van der Waals surface area (Å²) in [5.41, 5.74) is 2.43. The van der Waals surface area contributed by atoms with Gasteiger partial charge in [0.15, 0.2) is 0 Å². The fraction of sp³-hybridized carbons (Fsp3) is 0.421. The molecule has 3 rings (SSSR count). The van der Waals surface area contributed by atoms with Gasteiger partial charge in [0.25, 0.3) is 5.91 Å². The number of aryl methyl sites for hydroxylation is 1. The van der Waals surface area contributed by atoms with Crippen LogP contribution in [0.3, 0.4) is 0 Å². The molecule has 5 nitrogen and oxygen atoms in total. The van der Waals surface area contributed by atoms with E-state index in [4.69, 9.17) is 0 Å². The van der Waals surface area contributed by atoms with Crippen molar-refractivity contribution in [2.24, 2.45) is 5.92 Å². The number of hydrogen-bond donors (Lipinski definition) is 1. The van der Waals surface area contributed by atoms with Crippen LogP contribution in [0.25, 0.3) is 0 Å². The Hall–Kier alpha value is -2.27. The van der Waals surface area contributed by atoms with Crippen molar-refractivity contribution in [2.75, 3.05) is 13.1 Å². The van der Waals surface area contributed by atoms with Crippen molar-refractivity contribution in [3.63, 3.8) is 0 Å². The van der Waals surface area contributed by atoms with Crippen LogP contribution in [0.5, 0.6) is 0 Å². The summed E-state index contributed by atoms with van der Waals surface area (Å²) in [6.45, 7) is 3.17. The molecule has 0 radical (unpaired) electrons. The van der Waals surface area contributed by atoms with Crippen LogP contribution in [-0.4, -0.2) is 45.1 Å². The minimum atomic E-state index is -0.355. The number of nitrogens with zero attached hydrogens (tertiary/aromatic N) is 3. The maximum absolute atomic E-state index is 12.6. The molecule has 1 amide bonds. The second-order valence-electron chi connectivity index (χ2n) is 6.41. The van der Waals surface area contributed by atoms with Gasteiger partial charge in [0, 0.05) is 19.3 Å². The molecular formula is C19H23N3O2. The van der Waals surface area contributed by atoms with E-state index in [1.165, 1.54) is 6.33 Å². The van der Waals surface area contributed by atoms with E-state index in [-0.39, 0.29) is 17.9 Å². The van der Waals surface area contributed by atoms with Gasteiger partial charge in [-0.15, -0.1) is 0 Å². The Bertz CT molecular complexity index is 682. The first kappa shape index (κ1) is 16.6. The third-order valence-electron chi connectivity index (χ3n) is 4.80. The number of carbonyl (C=O) groups is 1. The quantitative estimate of drug-likeness (QED) is 0.936. The molecule has 1 atom stereocenters. The standard InChI is InChI=1S/C19H23N3O2/c1-14-17(12-20-13-21-14)19(24)22-9-7-16(8-10-22)18(23)11-15-5-3-2-4-6-15/h2-6,12-13,16,18,23H,7-11H2,1H3. The molecule has 1 saturated heterocycles. The topological polar surface area (TPSA) is 66.3 Å². The fourth-order valence-corrected chi connectivity index (χ4v) is 3.28. The summed E-state index contributed by atoms with van der Waals surface area (Å²) < 4.78 is 0. The highest BCUT2D eigenvalue weighted by molar-refractivity contribution is 5.94. The Kier molecular flexibility index (Phi) is 5.20. The molecule has 1 unspecified atom stereocenters. The molecule has 5 heteroatoms. The number of rotatable bonds is 4. The summed E-state index contributed by atoms with van der Waals surface area (Å²) in [7, 11) is 0. The van der Waals surface area contributed by atoms with Crippen molar-refractivity contribution in [1.29, 1.82) is 0 Å². The highest BCUT2D eigenvalue weighted by Crippen LogP contribution is 2.24. The average molecular weight is 325 g/mol. The van der Waals surface area contributed by atoms with Gasteiger partial charge in [-0.1, -0.05) is 30.3 Å². The monoisotopic (exact) mass is 325 g/mol. The number of likely N-dealkylation sites (tertiary alicyclic amines) is 1. The number of benzene rings is 1. The summed E-state index contributed by atoms with van der Waals surface area (Å²) >= 11 is 0. The SMILES string of the molecule is Cc1ncncc1C(=O)N1CCC(C(O)Cc2ccccc2)CC1. The number of hydrogen-bond acceptors (Lipinski definition) is 4. The highest BCUT2D eigenvalue weighted by Gasteiger charge is 2.28. The van der Waals surface area contributed by atoms with Crippen molar-refractivity contribution in [2.45, 2.75) is 32.3 Å². The van der Waals surface area contributed by atoms with Crippen LogP contribution in [0.15, 0.2) is 42.9 Å². The predicted octanol–water partition coefficient (Wildman–Crippen LogP) is 2.24. The molecule has 1 aromatic carbocycles. The summed E-state index contributed by atoms with van der Waals surface area (Å²) in [5.74, 6) is 0.228. The van der Waals surface area contributed by atoms with Gasteiger partial charge < -0.3 is 10.0 Å². The molecule has 2 heterocycles. The van der Waals surface area contributed by atoms with E-state index in [0.29, 0.717) is 30.8 Å². The second kappa shape index (κ2) is 7.53. The van der Waals surface area contributed by atoms with Gasteiger partial charge in [0.2, 0.25) is 0 Å². The normalized spacial score (nSPS) is 16.8. The number of aliphatic hydroxyl groups is 1. The van der Waals surface area contributed by atoms with Crippen molar-refractivity contribution in [3.05, 3.63) is 59.7 Å². The lowest BCUT2D eigenvalue weighted by Crippen LogP contribution is -2.42. The second-order valence-corrected chi connectivity index (χ2v) is 6.41. The lowest BCUT2D eigenvalue weighted by Gasteiger charge is -2.34. The van der Waals surface area contributed by atoms with Gasteiger partial charge in [0.05, 0.1) is 17.4 Å².